The number of hydrogen-bond acceptors (Lipinski definition) is 3. The van der Waals surface area contributed by atoms with E-state index in [1.165, 1.54) is 5.57 Å². The first-order chi connectivity index (χ1) is 9.60. The molecule has 0 bridgehead atoms. The van der Waals surface area contributed by atoms with Gasteiger partial charge in [0.05, 0.1) is 13.7 Å². The van der Waals surface area contributed by atoms with Gasteiger partial charge >= 0.3 is 0 Å². The van der Waals surface area contributed by atoms with Crippen LogP contribution in [0, 0.1) is 0 Å². The Hall–Kier alpha value is -1.48. The van der Waals surface area contributed by atoms with Crippen LogP contribution in [0.3, 0.4) is 0 Å². The fraction of sp³-hybridized carbons (Fsp3) is 0.529. The predicted molar refractivity (Wildman–Crippen MR) is 85.6 cm³/mol. The van der Waals surface area contributed by atoms with Crippen LogP contribution in [0.25, 0.3) is 6.08 Å². The summed E-state index contributed by atoms with van der Waals surface area (Å²) in [4.78, 5) is 0. The number of methoxy groups -OCH3 is 1. The van der Waals surface area contributed by atoms with Crippen molar-refractivity contribution in [3.8, 4) is 11.5 Å². The van der Waals surface area contributed by atoms with Gasteiger partial charge in [0.15, 0.2) is 11.5 Å². The molecule has 0 radical (unpaired) electrons. The summed E-state index contributed by atoms with van der Waals surface area (Å²) >= 11 is 0. The molecule has 1 rings (SSSR count). The average molecular weight is 277 g/mol. The van der Waals surface area contributed by atoms with E-state index in [1.54, 1.807) is 7.11 Å². The molecule has 0 aromatic heterocycles. The topological polar surface area (TPSA) is 30.5 Å². The zero-order chi connectivity index (χ0) is 15.0. The number of hydrogen-bond donors (Lipinski definition) is 1. The van der Waals surface area contributed by atoms with Gasteiger partial charge in [-0.2, -0.15) is 0 Å². The van der Waals surface area contributed by atoms with Crippen LogP contribution in [0.2, 0.25) is 0 Å². The molecular formula is C17H27NO2. The first-order valence-electron chi connectivity index (χ1n) is 7.34. The van der Waals surface area contributed by atoms with Gasteiger partial charge in [-0.25, -0.2) is 0 Å². The maximum absolute atomic E-state index is 5.54. The van der Waals surface area contributed by atoms with Crippen molar-refractivity contribution in [1.29, 1.82) is 0 Å². The molecule has 0 atom stereocenters. The normalized spacial score (nSPS) is 11.8. The number of rotatable bonds is 8. The fourth-order valence-electron chi connectivity index (χ4n) is 1.90. The van der Waals surface area contributed by atoms with Crippen LogP contribution in [-0.2, 0) is 0 Å². The first-order valence-corrected chi connectivity index (χ1v) is 7.34. The van der Waals surface area contributed by atoms with Gasteiger partial charge in [-0.3, -0.25) is 0 Å². The SMILES string of the molecule is CCOc1ccc(C=C(CC)CNC(C)C)cc1OC. The second-order valence-corrected chi connectivity index (χ2v) is 5.04. The van der Waals surface area contributed by atoms with Crippen LogP contribution in [0.1, 0.15) is 39.7 Å². The summed E-state index contributed by atoms with van der Waals surface area (Å²) in [5.74, 6) is 1.58. The molecule has 0 saturated carbocycles. The van der Waals surface area contributed by atoms with E-state index in [4.69, 9.17) is 9.47 Å². The van der Waals surface area contributed by atoms with Gasteiger partial charge in [0.2, 0.25) is 0 Å². The molecule has 3 nitrogen and oxygen atoms in total. The highest BCUT2D eigenvalue weighted by atomic mass is 16.5. The lowest BCUT2D eigenvalue weighted by Gasteiger charge is -2.12. The second-order valence-electron chi connectivity index (χ2n) is 5.04. The third-order valence-electron chi connectivity index (χ3n) is 3.05. The molecule has 0 fully saturated rings. The lowest BCUT2D eigenvalue weighted by molar-refractivity contribution is 0.311. The Morgan fingerprint density at radius 3 is 2.55 bits per heavy atom. The predicted octanol–water partition coefficient (Wildman–Crippen LogP) is 3.89. The van der Waals surface area contributed by atoms with Crippen molar-refractivity contribution < 1.29 is 9.47 Å². The van der Waals surface area contributed by atoms with E-state index < -0.39 is 0 Å². The van der Waals surface area contributed by atoms with E-state index in [0.29, 0.717) is 12.6 Å². The molecule has 0 spiro atoms. The minimum atomic E-state index is 0.500. The highest BCUT2D eigenvalue weighted by Crippen LogP contribution is 2.29. The molecule has 20 heavy (non-hydrogen) atoms. The standard InChI is InChI=1S/C17H27NO2/c1-6-14(12-18-13(3)4)10-15-8-9-16(20-7-2)17(11-15)19-5/h8-11,13,18H,6-7,12H2,1-5H3. The van der Waals surface area contributed by atoms with E-state index in [2.05, 4.69) is 38.2 Å². The van der Waals surface area contributed by atoms with Crippen molar-refractivity contribution in [2.24, 2.45) is 0 Å². The summed E-state index contributed by atoms with van der Waals surface area (Å²) in [7, 11) is 1.67. The highest BCUT2D eigenvalue weighted by Gasteiger charge is 2.05. The van der Waals surface area contributed by atoms with Crippen LogP contribution in [0.15, 0.2) is 23.8 Å². The lowest BCUT2D eigenvalue weighted by Crippen LogP contribution is -2.24. The zero-order valence-electron chi connectivity index (χ0n) is 13.3. The quantitative estimate of drug-likeness (QED) is 0.782. The summed E-state index contributed by atoms with van der Waals surface area (Å²) < 4.78 is 10.9. The first kappa shape index (κ1) is 16.6. The smallest absolute Gasteiger partial charge is 0.161 e. The molecule has 0 unspecified atom stereocenters. The molecule has 0 heterocycles. The van der Waals surface area contributed by atoms with Crippen molar-refractivity contribution in [3.05, 3.63) is 29.3 Å². The van der Waals surface area contributed by atoms with Crippen LogP contribution >= 0.6 is 0 Å². The van der Waals surface area contributed by atoms with Gasteiger partial charge in [0, 0.05) is 12.6 Å². The zero-order valence-corrected chi connectivity index (χ0v) is 13.3. The van der Waals surface area contributed by atoms with Crippen LogP contribution in [0.5, 0.6) is 11.5 Å². The van der Waals surface area contributed by atoms with Crippen molar-refractivity contribution in [1.82, 2.24) is 5.32 Å². The summed E-state index contributed by atoms with van der Waals surface area (Å²) in [6.45, 7) is 10.0. The van der Waals surface area contributed by atoms with E-state index in [0.717, 1.165) is 30.0 Å². The lowest BCUT2D eigenvalue weighted by atomic mass is 10.1. The highest BCUT2D eigenvalue weighted by molar-refractivity contribution is 5.58. The summed E-state index contributed by atoms with van der Waals surface area (Å²) in [5, 5.41) is 3.45. The molecule has 112 valence electrons. The van der Waals surface area contributed by atoms with Crippen molar-refractivity contribution in [3.63, 3.8) is 0 Å². The van der Waals surface area contributed by atoms with E-state index in [-0.39, 0.29) is 0 Å². The average Bonchev–Trinajstić information content (AvgIpc) is 2.44. The van der Waals surface area contributed by atoms with Crippen molar-refractivity contribution in [2.75, 3.05) is 20.3 Å². The Bertz CT molecular complexity index is 439. The third-order valence-corrected chi connectivity index (χ3v) is 3.05. The maximum Gasteiger partial charge on any atom is 0.161 e. The van der Waals surface area contributed by atoms with Gasteiger partial charge in [0.25, 0.3) is 0 Å². The minimum absolute atomic E-state index is 0.500. The Labute approximate surface area is 123 Å². The van der Waals surface area contributed by atoms with Gasteiger partial charge < -0.3 is 14.8 Å². The monoisotopic (exact) mass is 277 g/mol. The summed E-state index contributed by atoms with van der Waals surface area (Å²) in [6, 6.07) is 6.56. The summed E-state index contributed by atoms with van der Waals surface area (Å²) in [6.07, 6.45) is 3.25. The Morgan fingerprint density at radius 1 is 1.25 bits per heavy atom. The maximum atomic E-state index is 5.54. The molecule has 3 heteroatoms. The van der Waals surface area contributed by atoms with Gasteiger partial charge in [-0.05, 0) is 31.0 Å². The third kappa shape index (κ3) is 5.25. The Kier molecular flexibility index (Phi) is 7.16. The molecule has 0 aliphatic rings. The molecule has 1 aromatic rings. The number of benzene rings is 1. The van der Waals surface area contributed by atoms with E-state index >= 15 is 0 Å². The molecule has 0 saturated heterocycles. The van der Waals surface area contributed by atoms with Gasteiger partial charge in [-0.15, -0.1) is 0 Å². The largest absolute Gasteiger partial charge is 0.493 e. The van der Waals surface area contributed by atoms with Crippen LogP contribution in [-0.4, -0.2) is 26.3 Å². The van der Waals surface area contributed by atoms with Crippen LogP contribution < -0.4 is 14.8 Å². The number of nitrogens with one attached hydrogen (secondary N) is 1. The molecule has 0 aliphatic heterocycles. The Morgan fingerprint density at radius 2 is 2.00 bits per heavy atom. The second kappa shape index (κ2) is 8.64. The van der Waals surface area contributed by atoms with Crippen molar-refractivity contribution in [2.45, 2.75) is 40.2 Å². The molecule has 0 amide bonds. The number of ether oxygens (including phenoxy) is 2. The van der Waals surface area contributed by atoms with Crippen LogP contribution in [0.4, 0.5) is 0 Å². The fourth-order valence-corrected chi connectivity index (χ4v) is 1.90. The molecule has 1 aromatic carbocycles. The summed E-state index contributed by atoms with van der Waals surface area (Å²) in [5.41, 5.74) is 2.53. The van der Waals surface area contributed by atoms with Gasteiger partial charge in [-0.1, -0.05) is 38.5 Å². The molecular weight excluding hydrogens is 250 g/mol. The minimum Gasteiger partial charge on any atom is -0.493 e. The molecule has 0 aliphatic carbocycles. The van der Waals surface area contributed by atoms with Gasteiger partial charge in [0.1, 0.15) is 0 Å². The Balaban J connectivity index is 2.89. The van der Waals surface area contributed by atoms with Crippen molar-refractivity contribution >= 4 is 6.08 Å². The molecule has 1 N–H and O–H groups in total. The van der Waals surface area contributed by atoms with E-state index in [9.17, 15) is 0 Å². The van der Waals surface area contributed by atoms with E-state index in [1.807, 2.05) is 19.1 Å².